The van der Waals surface area contributed by atoms with Crippen LogP contribution >= 0.6 is 0 Å². The summed E-state index contributed by atoms with van der Waals surface area (Å²) in [4.78, 5) is 0. The highest BCUT2D eigenvalue weighted by Gasteiger charge is 2.33. The third kappa shape index (κ3) is 3.74. The molecule has 0 aromatic heterocycles. The number of rotatable bonds is 0. The van der Waals surface area contributed by atoms with Gasteiger partial charge in [0, 0.05) is 6.54 Å². The average molecular weight is 225 g/mol. The third-order valence-electron chi connectivity index (χ3n) is 4.09. The first-order valence-corrected chi connectivity index (χ1v) is 7.30. The molecule has 0 unspecified atom stereocenters. The van der Waals surface area contributed by atoms with E-state index in [1.807, 2.05) is 0 Å². The molecule has 1 aliphatic heterocycles. The van der Waals surface area contributed by atoms with Crippen LogP contribution in [-0.2, 0) is 4.74 Å². The quantitative estimate of drug-likeness (QED) is 0.680. The fraction of sp³-hybridized carbons (Fsp3) is 1.00. The maximum Gasteiger partial charge on any atom is 0.119 e. The summed E-state index contributed by atoms with van der Waals surface area (Å²) in [5.74, 6) is 0. The Morgan fingerprint density at radius 3 is 1.62 bits per heavy atom. The number of ether oxygens (including phenoxy) is 1. The zero-order chi connectivity index (χ0) is 11.1. The summed E-state index contributed by atoms with van der Waals surface area (Å²) in [5, 5.41) is 3.60. The van der Waals surface area contributed by atoms with Gasteiger partial charge in [0.05, 0.1) is 6.61 Å². The molecule has 2 fully saturated rings. The van der Waals surface area contributed by atoms with E-state index in [-0.39, 0.29) is 5.72 Å². The molecule has 1 heterocycles. The van der Waals surface area contributed by atoms with Crippen LogP contribution in [0.3, 0.4) is 0 Å². The summed E-state index contributed by atoms with van der Waals surface area (Å²) in [6.07, 6.45) is 15.1. The highest BCUT2D eigenvalue weighted by molar-refractivity contribution is 4.82. The molecular formula is C14H27NO. The summed E-state index contributed by atoms with van der Waals surface area (Å²) in [6, 6.07) is 0. The minimum Gasteiger partial charge on any atom is -0.359 e. The van der Waals surface area contributed by atoms with Crippen molar-refractivity contribution in [2.24, 2.45) is 0 Å². The molecule has 0 bridgehead atoms. The van der Waals surface area contributed by atoms with E-state index in [0.29, 0.717) is 0 Å². The lowest BCUT2D eigenvalue weighted by molar-refractivity contribution is -0.0277. The van der Waals surface area contributed by atoms with E-state index in [4.69, 9.17) is 4.74 Å². The smallest absolute Gasteiger partial charge is 0.119 e. The normalized spacial score (nSPS) is 28.5. The Bertz CT molecular complexity index is 173. The summed E-state index contributed by atoms with van der Waals surface area (Å²) in [5.41, 5.74) is 0.0686. The highest BCUT2D eigenvalue weighted by Crippen LogP contribution is 2.28. The van der Waals surface area contributed by atoms with E-state index in [0.717, 1.165) is 13.2 Å². The second kappa shape index (κ2) is 6.61. The van der Waals surface area contributed by atoms with Crippen molar-refractivity contribution in [1.29, 1.82) is 0 Å². The summed E-state index contributed by atoms with van der Waals surface area (Å²) in [7, 11) is 0. The Morgan fingerprint density at radius 1 is 0.688 bits per heavy atom. The summed E-state index contributed by atoms with van der Waals surface area (Å²) < 4.78 is 5.97. The van der Waals surface area contributed by atoms with Gasteiger partial charge in [-0.15, -0.1) is 0 Å². The van der Waals surface area contributed by atoms with Crippen molar-refractivity contribution in [1.82, 2.24) is 5.32 Å². The van der Waals surface area contributed by atoms with E-state index in [9.17, 15) is 0 Å². The van der Waals surface area contributed by atoms with Crippen LogP contribution in [0, 0.1) is 0 Å². The lowest BCUT2D eigenvalue weighted by Gasteiger charge is -2.29. The molecule has 0 aromatic carbocycles. The number of nitrogens with one attached hydrogen (secondary N) is 1. The monoisotopic (exact) mass is 225 g/mol. The molecule has 1 aliphatic carbocycles. The first-order chi connectivity index (χ1) is 7.91. The fourth-order valence-electron chi connectivity index (χ4n) is 3.08. The van der Waals surface area contributed by atoms with Crippen molar-refractivity contribution in [3.63, 3.8) is 0 Å². The fourth-order valence-corrected chi connectivity index (χ4v) is 3.08. The summed E-state index contributed by atoms with van der Waals surface area (Å²) in [6.45, 7) is 1.97. The SMILES string of the molecule is C1CCCCCC2(CCCCC1)NCCO2. The Kier molecular flexibility index (Phi) is 5.11. The molecule has 94 valence electrons. The molecule has 2 nitrogen and oxygen atoms in total. The van der Waals surface area contributed by atoms with Crippen LogP contribution in [0.4, 0.5) is 0 Å². The van der Waals surface area contributed by atoms with Gasteiger partial charge in [-0.1, -0.05) is 44.9 Å². The van der Waals surface area contributed by atoms with Crippen molar-refractivity contribution < 1.29 is 4.74 Å². The Labute approximate surface area is 100 Å². The zero-order valence-corrected chi connectivity index (χ0v) is 10.6. The molecule has 2 heteroatoms. The summed E-state index contributed by atoms with van der Waals surface area (Å²) >= 11 is 0. The second-order valence-electron chi connectivity index (χ2n) is 5.45. The topological polar surface area (TPSA) is 21.3 Å². The van der Waals surface area contributed by atoms with Gasteiger partial charge in [-0.25, -0.2) is 0 Å². The van der Waals surface area contributed by atoms with Gasteiger partial charge in [-0.2, -0.15) is 0 Å². The van der Waals surface area contributed by atoms with Crippen molar-refractivity contribution in [3.8, 4) is 0 Å². The minimum atomic E-state index is 0.0686. The predicted octanol–water partition coefficient (Wildman–Crippen LogP) is 3.61. The molecule has 1 spiro atoms. The van der Waals surface area contributed by atoms with Gasteiger partial charge in [0.15, 0.2) is 0 Å². The number of hydrogen-bond donors (Lipinski definition) is 1. The first-order valence-electron chi connectivity index (χ1n) is 7.30. The van der Waals surface area contributed by atoms with Gasteiger partial charge in [0.2, 0.25) is 0 Å². The lowest BCUT2D eigenvalue weighted by atomic mass is 9.95. The highest BCUT2D eigenvalue weighted by atomic mass is 16.5. The maximum absolute atomic E-state index is 5.97. The van der Waals surface area contributed by atoms with Crippen molar-refractivity contribution >= 4 is 0 Å². The van der Waals surface area contributed by atoms with Gasteiger partial charge in [-0.05, 0) is 25.7 Å². The third-order valence-corrected chi connectivity index (χ3v) is 4.09. The van der Waals surface area contributed by atoms with Crippen LogP contribution in [0.15, 0.2) is 0 Å². The average Bonchev–Trinajstić information content (AvgIpc) is 2.73. The van der Waals surface area contributed by atoms with Crippen molar-refractivity contribution in [2.45, 2.75) is 76.4 Å². The van der Waals surface area contributed by atoms with Crippen LogP contribution in [-0.4, -0.2) is 18.9 Å². The molecular weight excluding hydrogens is 198 g/mol. The molecule has 1 saturated carbocycles. The van der Waals surface area contributed by atoms with Crippen LogP contribution in [0.25, 0.3) is 0 Å². The van der Waals surface area contributed by atoms with Crippen LogP contribution < -0.4 is 5.32 Å². The molecule has 0 aromatic rings. The minimum absolute atomic E-state index is 0.0686. The van der Waals surface area contributed by atoms with Crippen LogP contribution in [0.5, 0.6) is 0 Å². The Hall–Kier alpha value is -0.0800. The van der Waals surface area contributed by atoms with Crippen LogP contribution in [0.2, 0.25) is 0 Å². The second-order valence-corrected chi connectivity index (χ2v) is 5.45. The van der Waals surface area contributed by atoms with Gasteiger partial charge in [0.1, 0.15) is 5.72 Å². The van der Waals surface area contributed by atoms with Gasteiger partial charge in [0.25, 0.3) is 0 Å². The predicted molar refractivity (Wildman–Crippen MR) is 67.5 cm³/mol. The Morgan fingerprint density at radius 2 is 1.19 bits per heavy atom. The van der Waals surface area contributed by atoms with E-state index in [1.54, 1.807) is 0 Å². The van der Waals surface area contributed by atoms with E-state index in [2.05, 4.69) is 5.32 Å². The van der Waals surface area contributed by atoms with E-state index < -0.39 is 0 Å². The number of hydrogen-bond acceptors (Lipinski definition) is 2. The van der Waals surface area contributed by atoms with Crippen molar-refractivity contribution in [2.75, 3.05) is 13.2 Å². The molecule has 1 N–H and O–H groups in total. The molecule has 1 saturated heterocycles. The van der Waals surface area contributed by atoms with Crippen LogP contribution in [0.1, 0.15) is 70.6 Å². The standard InChI is InChI=1S/C14H27NO/c1-2-4-6-8-10-14(15-12-13-16-14)11-9-7-5-3-1/h15H,1-13H2. The lowest BCUT2D eigenvalue weighted by Crippen LogP contribution is -2.41. The molecule has 0 atom stereocenters. The van der Waals surface area contributed by atoms with Crippen molar-refractivity contribution in [3.05, 3.63) is 0 Å². The van der Waals surface area contributed by atoms with Gasteiger partial charge < -0.3 is 4.74 Å². The molecule has 2 rings (SSSR count). The molecule has 2 aliphatic rings. The molecule has 0 radical (unpaired) electrons. The van der Waals surface area contributed by atoms with Gasteiger partial charge in [-0.3, -0.25) is 5.32 Å². The maximum atomic E-state index is 5.97. The first kappa shape index (κ1) is 12.4. The Balaban J connectivity index is 1.80. The van der Waals surface area contributed by atoms with E-state index in [1.165, 1.54) is 70.6 Å². The molecule has 0 amide bonds. The zero-order valence-electron chi connectivity index (χ0n) is 10.6. The molecule has 16 heavy (non-hydrogen) atoms. The largest absolute Gasteiger partial charge is 0.359 e. The van der Waals surface area contributed by atoms with E-state index >= 15 is 0 Å². The van der Waals surface area contributed by atoms with Gasteiger partial charge >= 0.3 is 0 Å².